The lowest BCUT2D eigenvalue weighted by atomic mass is 10.1. The van der Waals surface area contributed by atoms with Crippen molar-refractivity contribution in [2.45, 2.75) is 19.2 Å². The molecule has 1 saturated heterocycles. The number of aliphatic hydroxyl groups is 1. The second-order valence-electron chi connectivity index (χ2n) is 7.71. The van der Waals surface area contributed by atoms with Crippen LogP contribution in [-0.2, 0) is 17.8 Å². The Morgan fingerprint density at radius 3 is 2.53 bits per heavy atom. The number of thiophene rings is 1. The normalized spacial score (nSPS) is 15.9. The molecule has 0 aliphatic carbocycles. The Morgan fingerprint density at radius 2 is 1.81 bits per heavy atom. The summed E-state index contributed by atoms with van der Waals surface area (Å²) in [6.07, 6.45) is -0.574. The number of nitrogens with zero attached hydrogens (tertiary/aromatic N) is 2. The number of hydrogen-bond acceptors (Lipinski definition) is 5. The van der Waals surface area contributed by atoms with Crippen LogP contribution in [0.2, 0.25) is 0 Å². The number of benzene rings is 2. The highest BCUT2D eigenvalue weighted by atomic mass is 127. The van der Waals surface area contributed by atoms with Gasteiger partial charge in [-0.2, -0.15) is 0 Å². The zero-order valence-electron chi connectivity index (χ0n) is 18.3. The summed E-state index contributed by atoms with van der Waals surface area (Å²) < 4.78 is 6.60. The molecule has 2 aromatic carbocycles. The molecule has 0 amide bonds. The maximum atomic E-state index is 10.6. The molecule has 1 aliphatic heterocycles. The molecule has 1 aromatic heterocycles. The van der Waals surface area contributed by atoms with Crippen molar-refractivity contribution in [2.24, 2.45) is 4.99 Å². The summed E-state index contributed by atoms with van der Waals surface area (Å²) in [7, 11) is 1.74. The van der Waals surface area contributed by atoms with Crippen LogP contribution >= 0.6 is 35.3 Å². The molecule has 1 aliphatic rings. The number of fused-ring (bicyclic) bond motifs is 1. The van der Waals surface area contributed by atoms with Gasteiger partial charge in [0.15, 0.2) is 5.96 Å². The maximum absolute atomic E-state index is 10.6. The van der Waals surface area contributed by atoms with Crippen LogP contribution in [0.15, 0.2) is 59.6 Å². The fourth-order valence-electron chi connectivity index (χ4n) is 3.65. The van der Waals surface area contributed by atoms with Crippen LogP contribution in [0, 0.1) is 0 Å². The van der Waals surface area contributed by atoms with Gasteiger partial charge in [-0.1, -0.05) is 42.5 Å². The number of morpholine rings is 1. The third-order valence-corrected chi connectivity index (χ3v) is 6.67. The lowest BCUT2D eigenvalue weighted by Crippen LogP contribution is -2.38. The van der Waals surface area contributed by atoms with Crippen molar-refractivity contribution < 1.29 is 9.84 Å². The predicted molar refractivity (Wildman–Crippen MR) is 143 cm³/mol. The van der Waals surface area contributed by atoms with Crippen LogP contribution in [0.3, 0.4) is 0 Å². The van der Waals surface area contributed by atoms with Crippen LogP contribution in [0.5, 0.6) is 0 Å². The van der Waals surface area contributed by atoms with Crippen molar-refractivity contribution in [1.29, 1.82) is 0 Å². The Morgan fingerprint density at radius 1 is 1.09 bits per heavy atom. The number of aliphatic hydroxyl groups excluding tert-OH is 1. The lowest BCUT2D eigenvalue weighted by Gasteiger charge is -2.26. The molecular formula is C24H31IN4O2S. The van der Waals surface area contributed by atoms with Crippen LogP contribution in [0.4, 0.5) is 0 Å². The van der Waals surface area contributed by atoms with Gasteiger partial charge in [0, 0.05) is 49.3 Å². The molecule has 1 atom stereocenters. The highest BCUT2D eigenvalue weighted by Gasteiger charge is 2.13. The lowest BCUT2D eigenvalue weighted by molar-refractivity contribution is 0.0342. The van der Waals surface area contributed by atoms with Gasteiger partial charge < -0.3 is 20.5 Å². The molecule has 32 heavy (non-hydrogen) atoms. The summed E-state index contributed by atoms with van der Waals surface area (Å²) >= 11 is 1.63. The quantitative estimate of drug-likeness (QED) is 0.231. The number of hydrogen-bond donors (Lipinski definition) is 3. The van der Waals surface area contributed by atoms with Crippen molar-refractivity contribution in [3.8, 4) is 0 Å². The SMILES string of the molecule is CN=C(NCc1ccc(CN2CCOCC2)cc1)NCC(O)c1cc2ccccc2s1.I. The van der Waals surface area contributed by atoms with E-state index in [0.717, 1.165) is 37.7 Å². The molecule has 1 unspecified atom stereocenters. The first kappa shape index (κ1) is 24.9. The summed E-state index contributed by atoms with van der Waals surface area (Å²) in [5, 5.41) is 18.3. The van der Waals surface area contributed by atoms with Crippen LogP contribution in [0.1, 0.15) is 22.1 Å². The largest absolute Gasteiger partial charge is 0.386 e. The first-order valence-electron chi connectivity index (χ1n) is 10.7. The van der Waals surface area contributed by atoms with E-state index in [0.29, 0.717) is 19.0 Å². The molecule has 172 valence electrons. The highest BCUT2D eigenvalue weighted by molar-refractivity contribution is 14.0. The van der Waals surface area contributed by atoms with Gasteiger partial charge in [0.05, 0.1) is 13.2 Å². The summed E-state index contributed by atoms with van der Waals surface area (Å²) in [4.78, 5) is 7.65. The third-order valence-electron chi connectivity index (χ3n) is 5.45. The predicted octanol–water partition coefficient (Wildman–Crippen LogP) is 3.75. The van der Waals surface area contributed by atoms with E-state index >= 15 is 0 Å². The average molecular weight is 567 g/mol. The van der Waals surface area contributed by atoms with E-state index in [1.165, 1.54) is 21.2 Å². The van der Waals surface area contributed by atoms with Gasteiger partial charge in [0.1, 0.15) is 6.10 Å². The summed E-state index contributed by atoms with van der Waals surface area (Å²) in [6.45, 7) is 5.70. The first-order chi connectivity index (χ1) is 15.2. The molecule has 4 rings (SSSR count). The second-order valence-corrected chi connectivity index (χ2v) is 8.83. The number of halogens is 1. The van der Waals surface area contributed by atoms with Gasteiger partial charge in [-0.3, -0.25) is 9.89 Å². The number of guanidine groups is 1. The molecule has 8 heteroatoms. The molecule has 0 bridgehead atoms. The minimum Gasteiger partial charge on any atom is -0.386 e. The van der Waals surface area contributed by atoms with Crippen LogP contribution < -0.4 is 10.6 Å². The van der Waals surface area contributed by atoms with E-state index in [-0.39, 0.29) is 24.0 Å². The van der Waals surface area contributed by atoms with E-state index in [1.54, 1.807) is 18.4 Å². The number of rotatable bonds is 7. The third kappa shape index (κ3) is 6.89. The molecule has 6 nitrogen and oxygen atoms in total. The van der Waals surface area contributed by atoms with Gasteiger partial charge in [0.2, 0.25) is 0 Å². The van der Waals surface area contributed by atoms with E-state index < -0.39 is 6.10 Å². The van der Waals surface area contributed by atoms with E-state index in [9.17, 15) is 5.11 Å². The number of ether oxygens (including phenoxy) is 1. The summed E-state index contributed by atoms with van der Waals surface area (Å²) in [6, 6.07) is 18.9. The van der Waals surface area contributed by atoms with Crippen molar-refractivity contribution in [2.75, 3.05) is 39.9 Å². The Balaban J connectivity index is 0.00000289. The van der Waals surface area contributed by atoms with Crippen LogP contribution in [0.25, 0.3) is 10.1 Å². The Kier molecular flexibility index (Phi) is 9.73. The Labute approximate surface area is 210 Å². The zero-order valence-corrected chi connectivity index (χ0v) is 21.4. The smallest absolute Gasteiger partial charge is 0.191 e. The Hall–Kier alpha value is -1.72. The van der Waals surface area contributed by atoms with Gasteiger partial charge in [-0.15, -0.1) is 35.3 Å². The van der Waals surface area contributed by atoms with Crippen LogP contribution in [-0.4, -0.2) is 55.9 Å². The maximum Gasteiger partial charge on any atom is 0.191 e. The monoisotopic (exact) mass is 566 g/mol. The van der Waals surface area contributed by atoms with Gasteiger partial charge in [-0.25, -0.2) is 0 Å². The molecule has 1 fully saturated rings. The molecule has 3 N–H and O–H groups in total. The van der Waals surface area contributed by atoms with E-state index in [2.05, 4.69) is 63.0 Å². The molecular weight excluding hydrogens is 535 g/mol. The summed E-state index contributed by atoms with van der Waals surface area (Å²) in [5.41, 5.74) is 2.51. The van der Waals surface area contributed by atoms with Crippen molar-refractivity contribution >= 4 is 51.4 Å². The topological polar surface area (TPSA) is 69.1 Å². The number of aliphatic imine (C=N–C) groups is 1. The molecule has 3 aromatic rings. The fourth-order valence-corrected chi connectivity index (χ4v) is 4.70. The standard InChI is InChI=1S/C24H30N4O2S.HI/c1-25-24(27-16-21(29)23-14-20-4-2-3-5-22(20)31-23)26-15-18-6-8-19(9-7-18)17-28-10-12-30-13-11-28;/h2-9,14,21,29H,10-13,15-17H2,1H3,(H2,25,26,27);1H. The van der Waals surface area contributed by atoms with Crippen molar-refractivity contribution in [3.63, 3.8) is 0 Å². The summed E-state index contributed by atoms with van der Waals surface area (Å²) in [5.74, 6) is 0.678. The molecule has 0 radical (unpaired) electrons. The minimum atomic E-state index is -0.574. The molecule has 2 heterocycles. The fraction of sp³-hybridized carbons (Fsp3) is 0.375. The second kappa shape index (κ2) is 12.5. The first-order valence-corrected chi connectivity index (χ1v) is 11.5. The van der Waals surface area contributed by atoms with Gasteiger partial charge in [-0.05, 0) is 28.6 Å². The molecule has 0 spiro atoms. The highest BCUT2D eigenvalue weighted by Crippen LogP contribution is 2.29. The molecule has 0 saturated carbocycles. The van der Waals surface area contributed by atoms with Crippen molar-refractivity contribution in [1.82, 2.24) is 15.5 Å². The Bertz CT molecular complexity index is 970. The van der Waals surface area contributed by atoms with E-state index in [1.807, 2.05) is 12.1 Å². The average Bonchev–Trinajstić information content (AvgIpc) is 3.25. The minimum absolute atomic E-state index is 0. The van der Waals surface area contributed by atoms with Gasteiger partial charge >= 0.3 is 0 Å². The van der Waals surface area contributed by atoms with Crippen molar-refractivity contribution in [3.05, 3.63) is 70.6 Å². The number of nitrogens with one attached hydrogen (secondary N) is 2. The van der Waals surface area contributed by atoms with Gasteiger partial charge in [0.25, 0.3) is 0 Å². The zero-order chi connectivity index (χ0) is 21.5. The van der Waals surface area contributed by atoms with E-state index in [4.69, 9.17) is 4.74 Å².